The predicted octanol–water partition coefficient (Wildman–Crippen LogP) is 4.45. The van der Waals surface area contributed by atoms with Crippen LogP contribution in [0.4, 0.5) is 10.1 Å². The fourth-order valence-corrected chi connectivity index (χ4v) is 2.09. The van der Waals surface area contributed by atoms with Gasteiger partial charge in [-0.15, -0.1) is 0 Å². The fraction of sp³-hybridized carbons (Fsp3) is 0. The van der Waals surface area contributed by atoms with Crippen molar-refractivity contribution < 1.29 is 14.1 Å². The smallest absolute Gasteiger partial charge is 0.332 e. The van der Waals surface area contributed by atoms with Gasteiger partial charge in [-0.25, -0.2) is 9.37 Å². The molecule has 8 heteroatoms. The molecular formula is C11H5Br2FN2O3. The number of benzene rings is 1. The highest BCUT2D eigenvalue weighted by atomic mass is 79.9. The largest absolute Gasteiger partial charge is 0.434 e. The highest BCUT2D eigenvalue weighted by Crippen LogP contribution is 2.32. The molecule has 0 N–H and O–H groups in total. The molecule has 0 amide bonds. The minimum atomic E-state index is -0.624. The van der Waals surface area contributed by atoms with E-state index in [1.807, 2.05) is 0 Å². The minimum Gasteiger partial charge on any atom is -0.434 e. The van der Waals surface area contributed by atoms with Crippen molar-refractivity contribution in [1.29, 1.82) is 0 Å². The Morgan fingerprint density at radius 2 is 1.95 bits per heavy atom. The van der Waals surface area contributed by atoms with Crippen molar-refractivity contribution in [1.82, 2.24) is 4.98 Å². The molecule has 0 saturated carbocycles. The SMILES string of the molecule is O=[N+]([O-])c1cc(Br)cnc1Oc1cc(F)cc(Br)c1. The molecule has 19 heavy (non-hydrogen) atoms. The van der Waals surface area contributed by atoms with Crippen molar-refractivity contribution in [2.24, 2.45) is 0 Å². The number of nitro groups is 1. The van der Waals surface area contributed by atoms with E-state index in [1.165, 1.54) is 24.4 Å². The third kappa shape index (κ3) is 3.48. The number of hydrogen-bond donors (Lipinski definition) is 0. The lowest BCUT2D eigenvalue weighted by atomic mass is 10.3. The number of aromatic nitrogens is 1. The highest BCUT2D eigenvalue weighted by molar-refractivity contribution is 9.10. The molecule has 0 bridgehead atoms. The third-order valence-corrected chi connectivity index (χ3v) is 2.94. The Hall–Kier alpha value is -1.54. The number of ether oxygens (including phenoxy) is 1. The van der Waals surface area contributed by atoms with Gasteiger partial charge in [0.25, 0.3) is 5.88 Å². The van der Waals surface area contributed by atoms with Crippen molar-refractivity contribution in [2.45, 2.75) is 0 Å². The monoisotopic (exact) mass is 390 g/mol. The van der Waals surface area contributed by atoms with Gasteiger partial charge in [-0.05, 0) is 28.1 Å². The van der Waals surface area contributed by atoms with Crippen molar-refractivity contribution in [3.05, 3.63) is 55.3 Å². The highest BCUT2D eigenvalue weighted by Gasteiger charge is 2.18. The molecule has 0 spiro atoms. The Labute approximate surface area is 123 Å². The van der Waals surface area contributed by atoms with Crippen LogP contribution >= 0.6 is 31.9 Å². The molecule has 2 aromatic rings. The second-order valence-corrected chi connectivity index (χ2v) is 5.27. The number of hydrogen-bond acceptors (Lipinski definition) is 4. The van der Waals surface area contributed by atoms with E-state index in [2.05, 4.69) is 36.8 Å². The molecule has 0 aliphatic rings. The molecule has 5 nitrogen and oxygen atoms in total. The minimum absolute atomic E-state index is 0.116. The van der Waals surface area contributed by atoms with Crippen LogP contribution in [0.15, 0.2) is 39.4 Å². The van der Waals surface area contributed by atoms with Crippen LogP contribution in [0, 0.1) is 15.9 Å². The number of nitrogens with zero attached hydrogens (tertiary/aromatic N) is 2. The van der Waals surface area contributed by atoms with Crippen LogP contribution in [0.5, 0.6) is 11.6 Å². The van der Waals surface area contributed by atoms with Crippen LogP contribution in [0.1, 0.15) is 0 Å². The summed E-state index contributed by atoms with van der Waals surface area (Å²) < 4.78 is 19.3. The summed E-state index contributed by atoms with van der Waals surface area (Å²) in [6.07, 6.45) is 1.36. The molecule has 0 unspecified atom stereocenters. The van der Waals surface area contributed by atoms with Crippen LogP contribution in [0.2, 0.25) is 0 Å². The van der Waals surface area contributed by atoms with Gasteiger partial charge in [0.2, 0.25) is 0 Å². The van der Waals surface area contributed by atoms with Gasteiger partial charge in [0.1, 0.15) is 11.6 Å². The maximum Gasteiger partial charge on any atom is 0.332 e. The Morgan fingerprint density at radius 1 is 1.21 bits per heavy atom. The third-order valence-electron chi connectivity index (χ3n) is 2.05. The lowest BCUT2D eigenvalue weighted by molar-refractivity contribution is -0.386. The molecule has 0 saturated heterocycles. The van der Waals surface area contributed by atoms with Gasteiger partial charge >= 0.3 is 5.69 Å². The molecule has 0 fully saturated rings. The normalized spacial score (nSPS) is 10.3. The molecule has 98 valence electrons. The lowest BCUT2D eigenvalue weighted by Crippen LogP contribution is -1.96. The molecule has 0 radical (unpaired) electrons. The second kappa shape index (κ2) is 5.62. The summed E-state index contributed by atoms with van der Waals surface area (Å²) in [5, 5.41) is 10.9. The summed E-state index contributed by atoms with van der Waals surface area (Å²) in [6.45, 7) is 0. The average molecular weight is 392 g/mol. The first-order chi connectivity index (χ1) is 8.95. The van der Waals surface area contributed by atoms with Gasteiger partial charge in [0.05, 0.1) is 4.92 Å². The molecule has 1 aromatic carbocycles. The van der Waals surface area contributed by atoms with Gasteiger partial charge in [-0.1, -0.05) is 15.9 Å². The Kier molecular flexibility index (Phi) is 4.11. The molecular weight excluding hydrogens is 387 g/mol. The predicted molar refractivity (Wildman–Crippen MR) is 72.8 cm³/mol. The Morgan fingerprint density at radius 3 is 2.58 bits per heavy atom. The van der Waals surface area contributed by atoms with Crippen LogP contribution in [-0.4, -0.2) is 9.91 Å². The Bertz CT molecular complexity index is 632. The molecule has 0 atom stereocenters. The van der Waals surface area contributed by atoms with Crippen molar-refractivity contribution in [3.8, 4) is 11.6 Å². The van der Waals surface area contributed by atoms with Crippen LogP contribution in [0.3, 0.4) is 0 Å². The van der Waals surface area contributed by atoms with E-state index >= 15 is 0 Å². The van der Waals surface area contributed by atoms with E-state index in [-0.39, 0.29) is 17.3 Å². The van der Waals surface area contributed by atoms with Crippen molar-refractivity contribution in [2.75, 3.05) is 0 Å². The van der Waals surface area contributed by atoms with Crippen LogP contribution in [-0.2, 0) is 0 Å². The van der Waals surface area contributed by atoms with Gasteiger partial charge in [-0.3, -0.25) is 10.1 Å². The van der Waals surface area contributed by atoms with Crippen molar-refractivity contribution in [3.63, 3.8) is 0 Å². The van der Waals surface area contributed by atoms with E-state index in [0.717, 1.165) is 6.07 Å². The van der Waals surface area contributed by atoms with Crippen molar-refractivity contribution >= 4 is 37.5 Å². The molecule has 0 aliphatic carbocycles. The zero-order valence-electron chi connectivity index (χ0n) is 9.14. The second-order valence-electron chi connectivity index (χ2n) is 3.44. The van der Waals surface area contributed by atoms with Gasteiger partial charge in [-0.2, -0.15) is 0 Å². The maximum atomic E-state index is 13.2. The summed E-state index contributed by atoms with van der Waals surface area (Å²) in [4.78, 5) is 14.1. The fourth-order valence-electron chi connectivity index (χ4n) is 1.32. The number of rotatable bonds is 3. The zero-order chi connectivity index (χ0) is 14.0. The first-order valence-corrected chi connectivity index (χ1v) is 6.48. The molecule has 0 aliphatic heterocycles. The van der Waals surface area contributed by atoms with E-state index in [0.29, 0.717) is 8.95 Å². The van der Waals surface area contributed by atoms with E-state index in [9.17, 15) is 14.5 Å². The van der Waals surface area contributed by atoms with Crippen LogP contribution < -0.4 is 4.74 Å². The summed E-state index contributed by atoms with van der Waals surface area (Å²) in [6, 6.07) is 5.10. The maximum absolute atomic E-state index is 13.2. The summed E-state index contributed by atoms with van der Waals surface area (Å²) >= 11 is 6.19. The summed E-state index contributed by atoms with van der Waals surface area (Å²) in [7, 11) is 0. The summed E-state index contributed by atoms with van der Waals surface area (Å²) in [5.41, 5.74) is -0.310. The Balaban J connectivity index is 2.40. The summed E-state index contributed by atoms with van der Waals surface area (Å²) in [5.74, 6) is -0.611. The van der Waals surface area contributed by atoms with Gasteiger partial charge < -0.3 is 4.74 Å². The van der Waals surface area contributed by atoms with E-state index < -0.39 is 10.7 Å². The van der Waals surface area contributed by atoms with Crippen LogP contribution in [0.25, 0.3) is 0 Å². The number of halogens is 3. The first kappa shape index (κ1) is 13.9. The van der Waals surface area contributed by atoms with Gasteiger partial charge in [0, 0.05) is 27.3 Å². The molecule has 2 rings (SSSR count). The first-order valence-electron chi connectivity index (χ1n) is 4.89. The number of pyridine rings is 1. The van der Waals surface area contributed by atoms with E-state index in [1.54, 1.807) is 0 Å². The van der Waals surface area contributed by atoms with Gasteiger partial charge in [0.15, 0.2) is 0 Å². The zero-order valence-corrected chi connectivity index (χ0v) is 12.3. The average Bonchev–Trinajstić information content (AvgIpc) is 2.30. The quantitative estimate of drug-likeness (QED) is 0.572. The topological polar surface area (TPSA) is 65.3 Å². The molecule has 1 aromatic heterocycles. The lowest BCUT2D eigenvalue weighted by Gasteiger charge is -2.06. The van der Waals surface area contributed by atoms with E-state index in [4.69, 9.17) is 4.74 Å². The molecule has 1 heterocycles. The standard InChI is InChI=1S/C11H5Br2FN2O3/c12-6-1-8(14)4-9(2-6)19-11-10(16(17)18)3-7(13)5-15-11/h1-5H.